The van der Waals surface area contributed by atoms with Crippen molar-refractivity contribution in [2.24, 2.45) is 0 Å². The van der Waals surface area contributed by atoms with Crippen LogP contribution in [0.1, 0.15) is 13.3 Å². The van der Waals surface area contributed by atoms with Crippen LogP contribution < -0.4 is 14.2 Å². The molecule has 0 saturated carbocycles. The minimum atomic E-state index is -0.193. The van der Waals surface area contributed by atoms with E-state index in [1.807, 2.05) is 54.6 Å². The summed E-state index contributed by atoms with van der Waals surface area (Å²) in [5.74, 6) is 2.51. The number of para-hydroxylation sites is 3. The minimum absolute atomic E-state index is 0.193. The molecule has 3 rings (SSSR count). The Bertz CT molecular complexity index is 646. The molecular weight excluding hydrogens is 302 g/mol. The standard InChI is InChI=1S/C20H25NO3/c1-20(24-19-11-7-6-10-18(19)22-2)12-13-21(16-20)14-15-23-17-8-4-3-5-9-17/h3-11H,12-16H2,1-2H3. The van der Waals surface area contributed by atoms with Crippen LogP contribution in [0, 0.1) is 0 Å². The van der Waals surface area contributed by atoms with Crippen LogP contribution >= 0.6 is 0 Å². The van der Waals surface area contributed by atoms with E-state index in [4.69, 9.17) is 14.2 Å². The van der Waals surface area contributed by atoms with E-state index in [-0.39, 0.29) is 5.60 Å². The number of rotatable bonds is 7. The van der Waals surface area contributed by atoms with E-state index in [9.17, 15) is 0 Å². The Morgan fingerprint density at radius 3 is 2.46 bits per heavy atom. The average molecular weight is 327 g/mol. The molecule has 4 nitrogen and oxygen atoms in total. The van der Waals surface area contributed by atoms with Gasteiger partial charge in [-0.25, -0.2) is 0 Å². The molecule has 0 radical (unpaired) electrons. The Hall–Kier alpha value is -2.20. The number of hydrogen-bond acceptors (Lipinski definition) is 4. The first-order valence-electron chi connectivity index (χ1n) is 8.41. The maximum Gasteiger partial charge on any atom is 0.162 e. The Morgan fingerprint density at radius 1 is 1.00 bits per heavy atom. The molecule has 2 aromatic rings. The Kier molecular flexibility index (Phi) is 5.26. The lowest BCUT2D eigenvalue weighted by Crippen LogP contribution is -2.37. The summed E-state index contributed by atoms with van der Waals surface area (Å²) in [4.78, 5) is 2.39. The predicted octanol–water partition coefficient (Wildman–Crippen LogP) is 3.62. The van der Waals surface area contributed by atoms with Gasteiger partial charge in [-0.1, -0.05) is 30.3 Å². The monoisotopic (exact) mass is 327 g/mol. The van der Waals surface area contributed by atoms with Crippen molar-refractivity contribution in [2.45, 2.75) is 18.9 Å². The fourth-order valence-corrected chi connectivity index (χ4v) is 3.08. The highest BCUT2D eigenvalue weighted by atomic mass is 16.5. The molecule has 0 amide bonds. The normalized spacial score (nSPS) is 20.8. The van der Waals surface area contributed by atoms with Gasteiger partial charge < -0.3 is 14.2 Å². The first-order valence-corrected chi connectivity index (χ1v) is 8.41. The van der Waals surface area contributed by atoms with Crippen LogP contribution in [-0.2, 0) is 0 Å². The number of ether oxygens (including phenoxy) is 3. The molecule has 0 aromatic heterocycles. The first kappa shape index (κ1) is 16.7. The van der Waals surface area contributed by atoms with E-state index >= 15 is 0 Å². The second-order valence-electron chi connectivity index (χ2n) is 6.39. The fourth-order valence-electron chi connectivity index (χ4n) is 3.08. The van der Waals surface area contributed by atoms with Crippen LogP contribution in [0.5, 0.6) is 17.2 Å². The van der Waals surface area contributed by atoms with E-state index in [0.717, 1.165) is 43.3 Å². The molecule has 1 heterocycles. The Balaban J connectivity index is 1.50. The second kappa shape index (κ2) is 7.58. The summed E-state index contributed by atoms with van der Waals surface area (Å²) in [5.41, 5.74) is -0.193. The van der Waals surface area contributed by atoms with Crippen molar-refractivity contribution in [3.05, 3.63) is 54.6 Å². The highest BCUT2D eigenvalue weighted by Crippen LogP contribution is 2.33. The molecule has 0 aliphatic carbocycles. The van der Waals surface area contributed by atoms with E-state index in [1.54, 1.807) is 7.11 Å². The van der Waals surface area contributed by atoms with Crippen LogP contribution in [0.2, 0.25) is 0 Å². The van der Waals surface area contributed by atoms with Gasteiger partial charge in [0.1, 0.15) is 18.0 Å². The molecule has 4 heteroatoms. The molecule has 0 spiro atoms. The maximum absolute atomic E-state index is 6.27. The summed E-state index contributed by atoms with van der Waals surface area (Å²) in [6.07, 6.45) is 0.996. The third-order valence-electron chi connectivity index (χ3n) is 4.36. The van der Waals surface area contributed by atoms with E-state index in [2.05, 4.69) is 11.8 Å². The lowest BCUT2D eigenvalue weighted by molar-refractivity contribution is 0.0898. The van der Waals surface area contributed by atoms with Gasteiger partial charge in [0.05, 0.1) is 7.11 Å². The molecule has 0 bridgehead atoms. The van der Waals surface area contributed by atoms with Crippen LogP contribution in [0.15, 0.2) is 54.6 Å². The molecule has 24 heavy (non-hydrogen) atoms. The zero-order valence-corrected chi connectivity index (χ0v) is 14.4. The van der Waals surface area contributed by atoms with Gasteiger partial charge in [0, 0.05) is 26.1 Å². The number of methoxy groups -OCH3 is 1. The van der Waals surface area contributed by atoms with Crippen molar-refractivity contribution >= 4 is 0 Å². The zero-order valence-electron chi connectivity index (χ0n) is 14.4. The van der Waals surface area contributed by atoms with Gasteiger partial charge >= 0.3 is 0 Å². The molecule has 128 valence electrons. The fraction of sp³-hybridized carbons (Fsp3) is 0.400. The molecule has 1 aliphatic rings. The molecular formula is C20H25NO3. The molecule has 1 aliphatic heterocycles. The summed E-state index contributed by atoms with van der Waals surface area (Å²) < 4.78 is 17.4. The summed E-state index contributed by atoms with van der Waals surface area (Å²) in [7, 11) is 1.67. The lowest BCUT2D eigenvalue weighted by atomic mass is 10.1. The Morgan fingerprint density at radius 2 is 1.71 bits per heavy atom. The topological polar surface area (TPSA) is 30.9 Å². The molecule has 1 fully saturated rings. The highest BCUT2D eigenvalue weighted by Gasteiger charge is 2.36. The van der Waals surface area contributed by atoms with Gasteiger partial charge in [-0.2, -0.15) is 0 Å². The Labute approximate surface area is 144 Å². The van der Waals surface area contributed by atoms with Crippen LogP contribution in [0.25, 0.3) is 0 Å². The maximum atomic E-state index is 6.27. The first-order chi connectivity index (χ1) is 11.7. The van der Waals surface area contributed by atoms with Gasteiger partial charge in [0.2, 0.25) is 0 Å². The summed E-state index contributed by atoms with van der Waals surface area (Å²) >= 11 is 0. The molecule has 2 aromatic carbocycles. The third kappa shape index (κ3) is 4.20. The van der Waals surface area contributed by atoms with Crippen molar-refractivity contribution in [3.63, 3.8) is 0 Å². The molecule has 1 saturated heterocycles. The van der Waals surface area contributed by atoms with Gasteiger partial charge in [-0.3, -0.25) is 4.90 Å². The highest BCUT2D eigenvalue weighted by molar-refractivity contribution is 5.39. The second-order valence-corrected chi connectivity index (χ2v) is 6.39. The number of nitrogens with zero attached hydrogens (tertiary/aromatic N) is 1. The third-order valence-corrected chi connectivity index (χ3v) is 4.36. The minimum Gasteiger partial charge on any atom is -0.493 e. The van der Waals surface area contributed by atoms with E-state index in [1.165, 1.54) is 0 Å². The van der Waals surface area contributed by atoms with Crippen molar-refractivity contribution in [3.8, 4) is 17.2 Å². The number of likely N-dealkylation sites (tertiary alicyclic amines) is 1. The molecule has 1 unspecified atom stereocenters. The van der Waals surface area contributed by atoms with Crippen molar-refractivity contribution < 1.29 is 14.2 Å². The number of hydrogen-bond donors (Lipinski definition) is 0. The van der Waals surface area contributed by atoms with E-state index in [0.29, 0.717) is 6.61 Å². The molecule has 1 atom stereocenters. The predicted molar refractivity (Wildman–Crippen MR) is 95.0 cm³/mol. The van der Waals surface area contributed by atoms with Crippen molar-refractivity contribution in [2.75, 3.05) is 33.4 Å². The zero-order chi connectivity index (χ0) is 16.8. The van der Waals surface area contributed by atoms with Gasteiger partial charge in [0.25, 0.3) is 0 Å². The van der Waals surface area contributed by atoms with Gasteiger partial charge in [-0.15, -0.1) is 0 Å². The largest absolute Gasteiger partial charge is 0.493 e. The average Bonchev–Trinajstić information content (AvgIpc) is 2.97. The number of benzene rings is 2. The van der Waals surface area contributed by atoms with Crippen LogP contribution in [0.3, 0.4) is 0 Å². The summed E-state index contributed by atoms with van der Waals surface area (Å²) in [6, 6.07) is 17.8. The van der Waals surface area contributed by atoms with Crippen LogP contribution in [0.4, 0.5) is 0 Å². The van der Waals surface area contributed by atoms with Gasteiger partial charge in [0.15, 0.2) is 11.5 Å². The quantitative estimate of drug-likeness (QED) is 0.777. The van der Waals surface area contributed by atoms with Crippen molar-refractivity contribution in [1.29, 1.82) is 0 Å². The van der Waals surface area contributed by atoms with Gasteiger partial charge in [-0.05, 0) is 31.2 Å². The SMILES string of the molecule is COc1ccccc1OC1(C)CCN(CCOc2ccccc2)C1. The van der Waals surface area contributed by atoms with Crippen molar-refractivity contribution in [1.82, 2.24) is 4.90 Å². The molecule has 0 N–H and O–H groups in total. The van der Waals surface area contributed by atoms with E-state index < -0.39 is 0 Å². The van der Waals surface area contributed by atoms with Crippen LogP contribution in [-0.4, -0.2) is 43.9 Å². The summed E-state index contributed by atoms with van der Waals surface area (Å²) in [6.45, 7) is 5.67. The smallest absolute Gasteiger partial charge is 0.162 e. The summed E-state index contributed by atoms with van der Waals surface area (Å²) in [5, 5.41) is 0. The lowest BCUT2D eigenvalue weighted by Gasteiger charge is -2.27.